The molecular weight excluding hydrogens is 345 g/mol. The maximum atomic E-state index is 12.7. The predicted octanol–water partition coefficient (Wildman–Crippen LogP) is 3.14. The summed E-state index contributed by atoms with van der Waals surface area (Å²) in [4.78, 5) is -0.00364. The molecule has 112 valence electrons. The highest BCUT2D eigenvalue weighted by Crippen LogP contribution is 2.33. The fourth-order valence-corrected chi connectivity index (χ4v) is 4.89. The van der Waals surface area contributed by atoms with Crippen molar-refractivity contribution in [1.82, 2.24) is 4.31 Å². The molecule has 1 unspecified atom stereocenters. The Kier molecular flexibility index (Phi) is 5.21. The van der Waals surface area contributed by atoms with Gasteiger partial charge in [-0.1, -0.05) is 23.2 Å². The summed E-state index contributed by atoms with van der Waals surface area (Å²) in [5.74, 6) is 0.0978. The van der Waals surface area contributed by atoms with Crippen LogP contribution in [-0.2, 0) is 20.6 Å². The molecule has 0 spiro atoms. The Morgan fingerprint density at radius 2 is 2.10 bits per heavy atom. The topological polar surface area (TPSA) is 46.6 Å². The van der Waals surface area contributed by atoms with Gasteiger partial charge in [-0.15, -0.1) is 11.6 Å². The van der Waals surface area contributed by atoms with Gasteiger partial charge in [0.05, 0.1) is 18.2 Å². The zero-order chi connectivity index (χ0) is 14.9. The summed E-state index contributed by atoms with van der Waals surface area (Å²) in [6.07, 6.45) is 0. The summed E-state index contributed by atoms with van der Waals surface area (Å²) in [7, 11) is -3.72. The van der Waals surface area contributed by atoms with Crippen LogP contribution in [0.25, 0.3) is 0 Å². The van der Waals surface area contributed by atoms with Crippen LogP contribution < -0.4 is 0 Å². The second-order valence-electron chi connectivity index (χ2n) is 4.55. The number of hydrogen-bond donors (Lipinski definition) is 0. The average Bonchev–Trinajstić information content (AvgIpc) is 2.41. The highest BCUT2D eigenvalue weighted by molar-refractivity contribution is 7.89. The van der Waals surface area contributed by atoms with E-state index in [4.69, 9.17) is 39.5 Å². The molecule has 1 atom stereocenters. The van der Waals surface area contributed by atoms with E-state index in [1.54, 1.807) is 13.0 Å². The average molecular weight is 359 g/mol. The fraction of sp³-hybridized carbons (Fsp3) is 0.500. The minimum Gasteiger partial charge on any atom is -0.378 e. The Bertz CT molecular complexity index is 606. The molecule has 0 aromatic heterocycles. The molecule has 20 heavy (non-hydrogen) atoms. The van der Waals surface area contributed by atoms with Crippen LogP contribution in [0.3, 0.4) is 0 Å². The Morgan fingerprint density at radius 3 is 2.70 bits per heavy atom. The number of benzene rings is 1. The molecule has 1 aliphatic rings. The minimum atomic E-state index is -3.72. The third-order valence-corrected chi connectivity index (χ3v) is 6.22. The van der Waals surface area contributed by atoms with Gasteiger partial charge in [-0.25, -0.2) is 8.42 Å². The van der Waals surface area contributed by atoms with E-state index in [1.165, 1.54) is 10.4 Å². The van der Waals surface area contributed by atoms with Gasteiger partial charge >= 0.3 is 0 Å². The molecule has 0 saturated carbocycles. The number of alkyl halides is 1. The largest absolute Gasteiger partial charge is 0.378 e. The van der Waals surface area contributed by atoms with Crippen LogP contribution in [0.2, 0.25) is 10.0 Å². The van der Waals surface area contributed by atoms with E-state index in [-0.39, 0.29) is 21.8 Å². The van der Waals surface area contributed by atoms with Gasteiger partial charge in [-0.2, -0.15) is 4.31 Å². The van der Waals surface area contributed by atoms with Crippen molar-refractivity contribution in [3.63, 3.8) is 0 Å². The van der Waals surface area contributed by atoms with Crippen molar-refractivity contribution in [2.24, 2.45) is 0 Å². The quantitative estimate of drug-likeness (QED) is 0.780. The molecule has 1 aliphatic heterocycles. The molecule has 8 heteroatoms. The number of sulfonamides is 1. The molecule has 1 fully saturated rings. The Balaban J connectivity index is 2.51. The van der Waals surface area contributed by atoms with E-state index >= 15 is 0 Å². The second-order valence-corrected chi connectivity index (χ2v) is 7.49. The first-order valence-electron chi connectivity index (χ1n) is 6.01. The molecule has 0 amide bonds. The Hall–Kier alpha value is -0.0400. The number of hydrogen-bond acceptors (Lipinski definition) is 3. The van der Waals surface area contributed by atoms with Crippen molar-refractivity contribution in [3.05, 3.63) is 27.7 Å². The molecule has 1 aromatic carbocycles. The van der Waals surface area contributed by atoms with Gasteiger partial charge in [-0.3, -0.25) is 0 Å². The normalized spacial score (nSPS) is 21.1. The molecule has 0 N–H and O–H groups in total. The second kappa shape index (κ2) is 6.38. The van der Waals surface area contributed by atoms with E-state index in [9.17, 15) is 8.42 Å². The van der Waals surface area contributed by atoms with Crippen LogP contribution in [-0.4, -0.2) is 38.5 Å². The van der Waals surface area contributed by atoms with E-state index in [1.807, 2.05) is 0 Å². The number of halogens is 3. The Morgan fingerprint density at radius 1 is 1.40 bits per heavy atom. The smallest absolute Gasteiger partial charge is 0.245 e. The van der Waals surface area contributed by atoms with E-state index in [0.717, 1.165) is 0 Å². The standard InChI is InChI=1S/C12H14Cl3NO3S/c1-8-7-19-3-2-16(8)20(17,18)11-5-10(14)4-9(6-13)12(11)15/h4-5,8H,2-3,6-7H2,1H3. The first-order chi connectivity index (χ1) is 9.37. The highest BCUT2D eigenvalue weighted by Gasteiger charge is 2.33. The molecule has 1 heterocycles. The third-order valence-electron chi connectivity index (χ3n) is 3.12. The monoisotopic (exact) mass is 357 g/mol. The fourth-order valence-electron chi connectivity index (χ4n) is 2.10. The molecule has 0 radical (unpaired) electrons. The minimum absolute atomic E-state index is 0.00364. The summed E-state index contributed by atoms with van der Waals surface area (Å²) in [5.41, 5.74) is 0.500. The summed E-state index contributed by atoms with van der Waals surface area (Å²) >= 11 is 17.9. The number of nitrogens with zero attached hydrogens (tertiary/aromatic N) is 1. The summed E-state index contributed by atoms with van der Waals surface area (Å²) in [6, 6.07) is 2.68. The molecule has 0 aliphatic carbocycles. The van der Waals surface area contributed by atoms with Gasteiger partial charge in [0.1, 0.15) is 4.90 Å². The Labute approximate surface area is 133 Å². The van der Waals surface area contributed by atoms with Crippen molar-refractivity contribution in [3.8, 4) is 0 Å². The molecular formula is C12H14Cl3NO3S. The molecule has 2 rings (SSSR count). The predicted molar refractivity (Wildman–Crippen MR) is 80.2 cm³/mol. The lowest BCUT2D eigenvalue weighted by molar-refractivity contribution is 0.0393. The molecule has 1 saturated heterocycles. The van der Waals surface area contributed by atoms with Crippen LogP contribution >= 0.6 is 34.8 Å². The van der Waals surface area contributed by atoms with Gasteiger partial charge in [0.15, 0.2) is 0 Å². The lowest BCUT2D eigenvalue weighted by Crippen LogP contribution is -2.47. The molecule has 4 nitrogen and oxygen atoms in total. The molecule has 1 aromatic rings. The van der Waals surface area contributed by atoms with Gasteiger partial charge < -0.3 is 4.74 Å². The van der Waals surface area contributed by atoms with Gasteiger partial charge in [0.2, 0.25) is 10.0 Å². The SMILES string of the molecule is CC1COCCN1S(=O)(=O)c1cc(Cl)cc(CCl)c1Cl. The van der Waals surface area contributed by atoms with E-state index < -0.39 is 10.0 Å². The first-order valence-corrected chi connectivity index (χ1v) is 8.74. The lowest BCUT2D eigenvalue weighted by Gasteiger charge is -2.32. The summed E-state index contributed by atoms with van der Waals surface area (Å²) < 4.78 is 32.1. The number of rotatable bonds is 3. The van der Waals surface area contributed by atoms with Crippen molar-refractivity contribution in [1.29, 1.82) is 0 Å². The van der Waals surface area contributed by atoms with Gasteiger partial charge in [-0.05, 0) is 24.6 Å². The summed E-state index contributed by atoms with van der Waals surface area (Å²) in [6.45, 7) is 2.81. The zero-order valence-corrected chi connectivity index (χ0v) is 13.9. The van der Waals surface area contributed by atoms with Crippen molar-refractivity contribution in [2.45, 2.75) is 23.7 Å². The van der Waals surface area contributed by atoms with Gasteiger partial charge in [0, 0.05) is 23.5 Å². The van der Waals surface area contributed by atoms with Crippen LogP contribution in [0.1, 0.15) is 12.5 Å². The lowest BCUT2D eigenvalue weighted by atomic mass is 10.2. The zero-order valence-electron chi connectivity index (χ0n) is 10.8. The number of ether oxygens (including phenoxy) is 1. The highest BCUT2D eigenvalue weighted by atomic mass is 35.5. The van der Waals surface area contributed by atoms with Crippen LogP contribution in [0.5, 0.6) is 0 Å². The van der Waals surface area contributed by atoms with Crippen LogP contribution in [0, 0.1) is 0 Å². The summed E-state index contributed by atoms with van der Waals surface area (Å²) in [5, 5.41) is 0.424. The van der Waals surface area contributed by atoms with E-state index in [2.05, 4.69) is 0 Å². The van der Waals surface area contributed by atoms with Gasteiger partial charge in [0.25, 0.3) is 0 Å². The van der Waals surface area contributed by atoms with Crippen molar-refractivity contribution < 1.29 is 13.2 Å². The number of morpholine rings is 1. The first kappa shape index (κ1) is 16.3. The van der Waals surface area contributed by atoms with E-state index in [0.29, 0.717) is 30.3 Å². The van der Waals surface area contributed by atoms with Crippen molar-refractivity contribution in [2.75, 3.05) is 19.8 Å². The van der Waals surface area contributed by atoms with Crippen molar-refractivity contribution >= 4 is 44.8 Å². The van der Waals surface area contributed by atoms with Crippen LogP contribution in [0.15, 0.2) is 17.0 Å². The molecule has 0 bridgehead atoms. The van der Waals surface area contributed by atoms with Crippen LogP contribution in [0.4, 0.5) is 0 Å². The maximum Gasteiger partial charge on any atom is 0.245 e. The third kappa shape index (κ3) is 3.08. The maximum absolute atomic E-state index is 12.7.